The van der Waals surface area contributed by atoms with Crippen molar-refractivity contribution in [3.05, 3.63) is 40.8 Å². The lowest BCUT2D eigenvalue weighted by molar-refractivity contribution is 0.379. The van der Waals surface area contributed by atoms with Crippen molar-refractivity contribution in [1.82, 2.24) is 15.5 Å². The summed E-state index contributed by atoms with van der Waals surface area (Å²) < 4.78 is 0. The molecule has 0 saturated carbocycles. The fourth-order valence-corrected chi connectivity index (χ4v) is 3.31. The van der Waals surface area contributed by atoms with Crippen molar-refractivity contribution in [1.29, 1.82) is 0 Å². The lowest BCUT2D eigenvalue weighted by Gasteiger charge is -2.35. The van der Waals surface area contributed by atoms with E-state index >= 15 is 0 Å². The predicted molar refractivity (Wildman–Crippen MR) is 83.1 cm³/mol. The van der Waals surface area contributed by atoms with Crippen LogP contribution in [0.3, 0.4) is 0 Å². The van der Waals surface area contributed by atoms with Crippen LogP contribution in [-0.4, -0.2) is 29.3 Å². The van der Waals surface area contributed by atoms with Gasteiger partial charge in [0.05, 0.1) is 6.04 Å². The number of benzene rings is 1. The molecule has 1 aromatic heterocycles. The minimum atomic E-state index is 0.302. The number of nitrogens with one attached hydrogen (secondary N) is 1. The van der Waals surface area contributed by atoms with Gasteiger partial charge < -0.3 is 10.2 Å². The second-order valence-electron chi connectivity index (χ2n) is 5.26. The number of para-hydroxylation sites is 1. The summed E-state index contributed by atoms with van der Waals surface area (Å²) in [5.74, 6) is 0. The standard InChI is InChI=1S/C15H20N4S/c1-12(15-18-16-11-20-15)17-13-7-9-19(10-8-13)14-5-3-2-4-6-14/h2-6,11-13,17H,7-10H2,1H3. The first-order chi connectivity index (χ1) is 9.83. The highest BCUT2D eigenvalue weighted by Crippen LogP contribution is 2.22. The van der Waals surface area contributed by atoms with Gasteiger partial charge in [-0.25, -0.2) is 0 Å². The Hall–Kier alpha value is -1.46. The highest BCUT2D eigenvalue weighted by molar-refractivity contribution is 7.09. The molecule has 1 N–H and O–H groups in total. The van der Waals surface area contributed by atoms with Gasteiger partial charge >= 0.3 is 0 Å². The first kappa shape index (κ1) is 13.5. The molecule has 0 amide bonds. The lowest BCUT2D eigenvalue weighted by atomic mass is 10.0. The van der Waals surface area contributed by atoms with Gasteiger partial charge in [-0.05, 0) is 31.9 Å². The van der Waals surface area contributed by atoms with E-state index in [9.17, 15) is 0 Å². The number of anilines is 1. The Balaban J connectivity index is 1.51. The molecule has 1 atom stereocenters. The molecular formula is C15H20N4S. The second-order valence-corrected chi connectivity index (χ2v) is 6.13. The van der Waals surface area contributed by atoms with E-state index in [1.807, 2.05) is 0 Å². The molecule has 1 aliphatic rings. The molecule has 1 fully saturated rings. The molecule has 0 aliphatic carbocycles. The summed E-state index contributed by atoms with van der Waals surface area (Å²) in [6.45, 7) is 4.40. The van der Waals surface area contributed by atoms with Gasteiger partial charge in [-0.2, -0.15) is 0 Å². The maximum Gasteiger partial charge on any atom is 0.133 e. The van der Waals surface area contributed by atoms with Crippen LogP contribution in [0.15, 0.2) is 35.8 Å². The van der Waals surface area contributed by atoms with Crippen molar-refractivity contribution >= 4 is 17.0 Å². The highest BCUT2D eigenvalue weighted by Gasteiger charge is 2.21. The molecule has 2 aromatic rings. The number of rotatable bonds is 4. The number of piperidine rings is 1. The summed E-state index contributed by atoms with van der Waals surface area (Å²) in [6, 6.07) is 11.6. The van der Waals surface area contributed by atoms with Crippen molar-refractivity contribution in [3.63, 3.8) is 0 Å². The Kier molecular flexibility index (Phi) is 4.28. The van der Waals surface area contributed by atoms with E-state index in [1.54, 1.807) is 16.8 Å². The Morgan fingerprint density at radius 3 is 2.65 bits per heavy atom. The molecule has 0 radical (unpaired) electrons. The molecule has 5 heteroatoms. The van der Waals surface area contributed by atoms with Crippen LogP contribution in [0.2, 0.25) is 0 Å². The maximum absolute atomic E-state index is 4.14. The van der Waals surface area contributed by atoms with Crippen LogP contribution in [0, 0.1) is 0 Å². The van der Waals surface area contributed by atoms with Crippen molar-refractivity contribution in [3.8, 4) is 0 Å². The molecule has 1 aromatic carbocycles. The topological polar surface area (TPSA) is 41.0 Å². The van der Waals surface area contributed by atoms with Crippen LogP contribution in [0.4, 0.5) is 5.69 Å². The monoisotopic (exact) mass is 288 g/mol. The van der Waals surface area contributed by atoms with E-state index in [0.717, 1.165) is 18.1 Å². The Morgan fingerprint density at radius 1 is 1.25 bits per heavy atom. The minimum Gasteiger partial charge on any atom is -0.371 e. The first-order valence-corrected chi connectivity index (χ1v) is 8.03. The summed E-state index contributed by atoms with van der Waals surface area (Å²) in [4.78, 5) is 2.47. The van der Waals surface area contributed by atoms with Gasteiger partial charge in [-0.1, -0.05) is 18.2 Å². The third kappa shape index (κ3) is 3.16. The fraction of sp³-hybridized carbons (Fsp3) is 0.467. The third-order valence-electron chi connectivity index (χ3n) is 3.85. The molecule has 3 rings (SSSR count). The third-order valence-corrected chi connectivity index (χ3v) is 4.73. The number of hydrogen-bond donors (Lipinski definition) is 1. The number of nitrogens with zero attached hydrogens (tertiary/aromatic N) is 3. The molecular weight excluding hydrogens is 268 g/mol. The zero-order chi connectivity index (χ0) is 13.8. The van der Waals surface area contributed by atoms with E-state index in [2.05, 4.69) is 57.7 Å². The van der Waals surface area contributed by atoms with Crippen molar-refractivity contribution in [2.24, 2.45) is 0 Å². The average molecular weight is 288 g/mol. The van der Waals surface area contributed by atoms with Gasteiger partial charge in [0.15, 0.2) is 0 Å². The molecule has 20 heavy (non-hydrogen) atoms. The second kappa shape index (κ2) is 6.33. The lowest BCUT2D eigenvalue weighted by Crippen LogP contribution is -2.43. The smallest absolute Gasteiger partial charge is 0.133 e. The normalized spacial score (nSPS) is 18.1. The molecule has 1 saturated heterocycles. The molecule has 0 spiro atoms. The average Bonchev–Trinajstić information content (AvgIpc) is 3.03. The Morgan fingerprint density at radius 2 is 2.00 bits per heavy atom. The number of aromatic nitrogens is 2. The largest absolute Gasteiger partial charge is 0.371 e. The van der Waals surface area contributed by atoms with Gasteiger partial charge in [0.2, 0.25) is 0 Å². The van der Waals surface area contributed by atoms with Gasteiger partial charge in [0.25, 0.3) is 0 Å². The minimum absolute atomic E-state index is 0.302. The fourth-order valence-electron chi connectivity index (χ4n) is 2.74. The number of hydrogen-bond acceptors (Lipinski definition) is 5. The summed E-state index contributed by atoms with van der Waals surface area (Å²) in [6.07, 6.45) is 2.36. The van der Waals surface area contributed by atoms with Crippen LogP contribution in [0.25, 0.3) is 0 Å². The van der Waals surface area contributed by atoms with Crippen LogP contribution >= 0.6 is 11.3 Å². The Labute approximate surface area is 123 Å². The van der Waals surface area contributed by atoms with Crippen molar-refractivity contribution in [2.75, 3.05) is 18.0 Å². The van der Waals surface area contributed by atoms with Crippen molar-refractivity contribution in [2.45, 2.75) is 31.8 Å². The zero-order valence-corrected chi connectivity index (χ0v) is 12.5. The van der Waals surface area contributed by atoms with Gasteiger partial charge in [0, 0.05) is 24.8 Å². The van der Waals surface area contributed by atoms with Crippen LogP contribution < -0.4 is 10.2 Å². The van der Waals surface area contributed by atoms with Gasteiger partial charge in [-0.3, -0.25) is 0 Å². The summed E-state index contributed by atoms with van der Waals surface area (Å²) in [5, 5.41) is 12.8. The van der Waals surface area contributed by atoms with E-state index in [-0.39, 0.29) is 0 Å². The van der Waals surface area contributed by atoms with Crippen LogP contribution in [0.1, 0.15) is 30.8 Å². The molecule has 2 heterocycles. The zero-order valence-electron chi connectivity index (χ0n) is 11.7. The first-order valence-electron chi connectivity index (χ1n) is 7.15. The van der Waals surface area contributed by atoms with Crippen molar-refractivity contribution < 1.29 is 0 Å². The highest BCUT2D eigenvalue weighted by atomic mass is 32.1. The molecule has 4 nitrogen and oxygen atoms in total. The predicted octanol–water partition coefficient (Wildman–Crippen LogP) is 2.86. The SMILES string of the molecule is CC(NC1CCN(c2ccccc2)CC1)c1nncs1. The van der Waals surface area contributed by atoms with E-state index in [1.165, 1.54) is 18.5 Å². The summed E-state index contributed by atoms with van der Waals surface area (Å²) >= 11 is 1.62. The Bertz CT molecular complexity index is 506. The van der Waals surface area contributed by atoms with Gasteiger partial charge in [0.1, 0.15) is 10.5 Å². The quantitative estimate of drug-likeness (QED) is 0.939. The maximum atomic E-state index is 4.14. The summed E-state index contributed by atoms with van der Waals surface area (Å²) in [5.41, 5.74) is 3.13. The van der Waals surface area contributed by atoms with E-state index in [0.29, 0.717) is 12.1 Å². The van der Waals surface area contributed by atoms with E-state index < -0.39 is 0 Å². The van der Waals surface area contributed by atoms with Gasteiger partial charge in [-0.15, -0.1) is 21.5 Å². The van der Waals surface area contributed by atoms with Crippen LogP contribution in [0.5, 0.6) is 0 Å². The van der Waals surface area contributed by atoms with Crippen LogP contribution in [-0.2, 0) is 0 Å². The molecule has 106 valence electrons. The molecule has 1 aliphatic heterocycles. The van der Waals surface area contributed by atoms with E-state index in [4.69, 9.17) is 0 Å². The summed E-state index contributed by atoms with van der Waals surface area (Å²) in [7, 11) is 0. The molecule has 1 unspecified atom stereocenters. The molecule has 0 bridgehead atoms.